The highest BCUT2D eigenvalue weighted by Crippen LogP contribution is 2.27. The van der Waals surface area contributed by atoms with Gasteiger partial charge in [-0.3, -0.25) is 19.1 Å². The van der Waals surface area contributed by atoms with E-state index >= 15 is 0 Å². The molecule has 2 aromatic heterocycles. The summed E-state index contributed by atoms with van der Waals surface area (Å²) in [6.45, 7) is -0.758. The summed E-state index contributed by atoms with van der Waals surface area (Å²) >= 11 is 0. The topological polar surface area (TPSA) is 213 Å². The zero-order valence-corrected chi connectivity index (χ0v) is 19.1. The third kappa shape index (κ3) is 5.73. The molecule has 1 amide bonds. The first-order chi connectivity index (χ1) is 17.7. The average Bonchev–Trinajstić information content (AvgIpc) is 3.17. The maximum Gasteiger partial charge on any atom is 0.338 e. The lowest BCUT2D eigenvalue weighted by molar-refractivity contribution is -0.165. The Morgan fingerprint density at radius 3 is 2.59 bits per heavy atom. The number of para-hydroxylation sites is 1. The SMILES string of the molecule is O=C(NC[C@@H]1OC(n2ccc(=O)[nH]c2=O)[C@H](O)[C@@H]1O)[C@H](O)[C@@H](O)C(=O)OCc1ccc2ccccc2n1. The van der Waals surface area contributed by atoms with E-state index in [0.717, 1.165) is 22.2 Å². The number of esters is 1. The van der Waals surface area contributed by atoms with Crippen molar-refractivity contribution in [1.82, 2.24) is 19.9 Å². The number of amides is 1. The van der Waals surface area contributed by atoms with Crippen molar-refractivity contribution in [2.24, 2.45) is 0 Å². The molecule has 3 heterocycles. The molecular weight excluding hydrogens is 492 g/mol. The number of benzene rings is 1. The summed E-state index contributed by atoms with van der Waals surface area (Å²) in [6, 6.07) is 11.7. The van der Waals surface area contributed by atoms with Crippen LogP contribution in [0.1, 0.15) is 11.9 Å². The van der Waals surface area contributed by atoms with Crippen molar-refractivity contribution >= 4 is 22.8 Å². The molecular formula is C23H24N4O10. The highest BCUT2D eigenvalue weighted by Gasteiger charge is 2.44. The van der Waals surface area contributed by atoms with E-state index in [1.807, 2.05) is 17.1 Å². The van der Waals surface area contributed by atoms with Crippen molar-refractivity contribution in [1.29, 1.82) is 0 Å². The van der Waals surface area contributed by atoms with Gasteiger partial charge in [0.2, 0.25) is 0 Å². The smallest absolute Gasteiger partial charge is 0.338 e. The minimum Gasteiger partial charge on any atom is -0.457 e. The van der Waals surface area contributed by atoms with Crippen molar-refractivity contribution in [2.75, 3.05) is 6.54 Å². The van der Waals surface area contributed by atoms with Crippen LogP contribution in [0.5, 0.6) is 0 Å². The zero-order valence-electron chi connectivity index (χ0n) is 19.1. The van der Waals surface area contributed by atoms with Gasteiger partial charge in [-0.2, -0.15) is 0 Å². The van der Waals surface area contributed by atoms with Crippen molar-refractivity contribution in [3.63, 3.8) is 0 Å². The van der Waals surface area contributed by atoms with Crippen LogP contribution in [0.2, 0.25) is 0 Å². The Hall–Kier alpha value is -3.95. The molecule has 0 aliphatic carbocycles. The van der Waals surface area contributed by atoms with Crippen LogP contribution in [-0.2, 0) is 25.7 Å². The molecule has 1 aliphatic heterocycles. The molecule has 1 saturated heterocycles. The van der Waals surface area contributed by atoms with E-state index in [4.69, 9.17) is 9.47 Å². The number of carbonyl (C=O) groups is 2. The van der Waals surface area contributed by atoms with Gasteiger partial charge in [-0.25, -0.2) is 14.6 Å². The predicted molar refractivity (Wildman–Crippen MR) is 124 cm³/mol. The van der Waals surface area contributed by atoms with E-state index in [2.05, 4.69) is 10.3 Å². The lowest BCUT2D eigenvalue weighted by Crippen LogP contribution is -2.49. The maximum absolute atomic E-state index is 12.3. The molecule has 1 fully saturated rings. The number of hydrogen-bond donors (Lipinski definition) is 6. The first-order valence-corrected chi connectivity index (χ1v) is 11.1. The van der Waals surface area contributed by atoms with E-state index in [9.17, 15) is 39.6 Å². The van der Waals surface area contributed by atoms with Crippen LogP contribution in [0.25, 0.3) is 10.9 Å². The summed E-state index contributed by atoms with van der Waals surface area (Å²) in [5.41, 5.74) is -0.493. The van der Waals surface area contributed by atoms with Gasteiger partial charge in [0, 0.05) is 24.2 Å². The number of rotatable bonds is 8. The Morgan fingerprint density at radius 1 is 1.08 bits per heavy atom. The van der Waals surface area contributed by atoms with Crippen molar-refractivity contribution in [3.8, 4) is 0 Å². The summed E-state index contributed by atoms with van der Waals surface area (Å²) in [6.07, 6.45) is -9.08. The largest absolute Gasteiger partial charge is 0.457 e. The van der Waals surface area contributed by atoms with E-state index < -0.39 is 66.4 Å². The standard InChI is InChI=1S/C23H24N4O10/c28-15-7-8-27(23(35)26-15)21-18(31)16(29)14(37-21)9-24-20(33)17(30)19(32)22(34)36-10-12-6-5-11-3-1-2-4-13(11)25-12/h1-8,14,16-19,21,29-32H,9-10H2,(H,24,33)(H,26,28,35)/t14-,16+,17+,18+,19+,21?/m0/s1. The van der Waals surface area contributed by atoms with Crippen LogP contribution in [-0.4, -0.2) is 83.9 Å². The Labute approximate surface area is 207 Å². The summed E-state index contributed by atoms with van der Waals surface area (Å²) in [7, 11) is 0. The molecule has 1 aromatic carbocycles. The van der Waals surface area contributed by atoms with Crippen molar-refractivity contribution < 1.29 is 39.5 Å². The monoisotopic (exact) mass is 516 g/mol. The van der Waals surface area contributed by atoms with E-state index in [0.29, 0.717) is 11.2 Å². The highest BCUT2D eigenvalue weighted by molar-refractivity contribution is 5.88. The number of nitrogens with zero attached hydrogens (tertiary/aromatic N) is 2. The number of carbonyl (C=O) groups excluding carboxylic acids is 2. The normalized spacial score (nSPS) is 22.9. The molecule has 1 aliphatic rings. The molecule has 14 heteroatoms. The fourth-order valence-corrected chi connectivity index (χ4v) is 3.75. The number of H-pyrrole nitrogens is 1. The van der Waals surface area contributed by atoms with Crippen LogP contribution in [0.3, 0.4) is 0 Å². The van der Waals surface area contributed by atoms with E-state index in [1.54, 1.807) is 24.3 Å². The Morgan fingerprint density at radius 2 is 1.84 bits per heavy atom. The second kappa shape index (κ2) is 11.0. The quantitative estimate of drug-likeness (QED) is 0.169. The Balaban J connectivity index is 1.29. The van der Waals surface area contributed by atoms with Crippen LogP contribution in [0.4, 0.5) is 0 Å². The van der Waals surface area contributed by atoms with Gasteiger partial charge >= 0.3 is 11.7 Å². The van der Waals surface area contributed by atoms with Gasteiger partial charge in [0.15, 0.2) is 18.4 Å². The van der Waals surface area contributed by atoms with Gasteiger partial charge in [0.1, 0.15) is 24.9 Å². The molecule has 0 radical (unpaired) electrons. The minimum absolute atomic E-state index is 0.305. The first-order valence-electron chi connectivity index (χ1n) is 11.1. The van der Waals surface area contributed by atoms with Gasteiger partial charge in [-0.1, -0.05) is 24.3 Å². The number of nitrogens with one attached hydrogen (secondary N) is 2. The molecule has 0 bridgehead atoms. The fraction of sp³-hybridized carbons (Fsp3) is 0.348. The van der Waals surface area contributed by atoms with Crippen LogP contribution >= 0.6 is 0 Å². The molecule has 6 N–H and O–H groups in total. The van der Waals surface area contributed by atoms with Crippen LogP contribution < -0.4 is 16.6 Å². The predicted octanol–water partition coefficient (Wildman–Crippen LogP) is -2.71. The zero-order chi connectivity index (χ0) is 26.7. The number of aromatic amines is 1. The third-order valence-electron chi connectivity index (χ3n) is 5.77. The van der Waals surface area contributed by atoms with E-state index in [-0.39, 0.29) is 6.61 Å². The molecule has 37 heavy (non-hydrogen) atoms. The number of hydrogen-bond acceptors (Lipinski definition) is 11. The van der Waals surface area contributed by atoms with E-state index in [1.165, 1.54) is 0 Å². The molecule has 6 atom stereocenters. The minimum atomic E-state index is -2.21. The van der Waals surface area contributed by atoms with Gasteiger partial charge in [-0.05, 0) is 12.1 Å². The highest BCUT2D eigenvalue weighted by atomic mass is 16.6. The number of aliphatic hydroxyl groups is 4. The van der Waals surface area contributed by atoms with Crippen molar-refractivity contribution in [2.45, 2.75) is 43.4 Å². The number of aliphatic hydroxyl groups excluding tert-OH is 4. The van der Waals surface area contributed by atoms with Crippen molar-refractivity contribution in [3.05, 3.63) is 75.2 Å². The van der Waals surface area contributed by atoms with Gasteiger partial charge in [-0.15, -0.1) is 0 Å². The second-order valence-corrected chi connectivity index (χ2v) is 8.30. The summed E-state index contributed by atoms with van der Waals surface area (Å²) in [4.78, 5) is 53.9. The number of ether oxygens (including phenoxy) is 2. The number of aromatic nitrogens is 3. The molecule has 0 spiro atoms. The van der Waals surface area contributed by atoms with Gasteiger partial charge < -0.3 is 35.2 Å². The molecule has 1 unspecified atom stereocenters. The maximum atomic E-state index is 12.3. The average molecular weight is 516 g/mol. The van der Waals surface area contributed by atoms with Crippen LogP contribution in [0.15, 0.2) is 58.3 Å². The van der Waals surface area contributed by atoms with Gasteiger partial charge in [0.05, 0.1) is 11.2 Å². The first kappa shape index (κ1) is 26.1. The Bertz CT molecular complexity index is 1410. The summed E-state index contributed by atoms with van der Waals surface area (Å²) in [5.74, 6) is -2.44. The number of pyridine rings is 1. The number of fused-ring (bicyclic) bond motifs is 1. The molecule has 4 rings (SSSR count). The molecule has 0 saturated carbocycles. The molecule has 14 nitrogen and oxygen atoms in total. The lowest BCUT2D eigenvalue weighted by Gasteiger charge is -2.19. The van der Waals surface area contributed by atoms with Crippen LogP contribution in [0, 0.1) is 0 Å². The molecule has 3 aromatic rings. The Kier molecular flexibility index (Phi) is 7.75. The third-order valence-corrected chi connectivity index (χ3v) is 5.77. The second-order valence-electron chi connectivity index (χ2n) is 8.30. The summed E-state index contributed by atoms with van der Waals surface area (Å²) in [5, 5.41) is 43.6. The van der Waals surface area contributed by atoms with Gasteiger partial charge in [0.25, 0.3) is 11.5 Å². The lowest BCUT2D eigenvalue weighted by atomic mass is 10.1. The summed E-state index contributed by atoms with van der Waals surface area (Å²) < 4.78 is 11.2. The molecule has 196 valence electrons. The fourth-order valence-electron chi connectivity index (χ4n) is 3.75.